The van der Waals surface area contributed by atoms with Gasteiger partial charge < -0.3 is 19.5 Å². The van der Waals surface area contributed by atoms with Crippen LogP contribution in [0.3, 0.4) is 0 Å². The molecule has 0 aliphatic carbocycles. The van der Waals surface area contributed by atoms with E-state index in [-0.39, 0.29) is 0 Å². The molecule has 10 heteroatoms. The van der Waals surface area contributed by atoms with E-state index >= 15 is 0 Å². The van der Waals surface area contributed by atoms with E-state index < -0.39 is 0 Å². The van der Waals surface area contributed by atoms with Crippen LogP contribution in [-0.2, 0) is 26.2 Å². The minimum Gasteiger partial charge on any atom is -0.343 e. The SMILES string of the molecule is NNC(=S)N(Cc1cn(Cc2ccc(Cl)cc2Cl)c2ccccc12)Cc1cn(Cc2ccc(Cl)cc2Cl)c2ccccc12. The quantitative estimate of drug-likeness (QED) is 0.0967. The van der Waals surface area contributed by atoms with E-state index in [0.29, 0.717) is 51.4 Å². The molecule has 0 radical (unpaired) electrons. The van der Waals surface area contributed by atoms with Crippen molar-refractivity contribution >= 4 is 85.5 Å². The van der Waals surface area contributed by atoms with Crippen LogP contribution in [-0.4, -0.2) is 19.1 Å². The largest absolute Gasteiger partial charge is 0.343 e. The standard InChI is InChI=1S/C33H27Cl4N5S/c34-25-11-9-21(29(36)13-25)15-40-17-23(27-5-1-3-7-31(27)40)19-42(33(43)39-38)20-24-18-41(32-8-4-2-6-28(24)32)16-22-10-12-26(35)14-30(22)37/h1-14,17-18H,15-16,19-20,38H2,(H,39,43). The second kappa shape index (κ2) is 12.8. The van der Waals surface area contributed by atoms with Gasteiger partial charge in [0.05, 0.1) is 0 Å². The first kappa shape index (κ1) is 29.8. The van der Waals surface area contributed by atoms with Gasteiger partial charge in [-0.3, -0.25) is 0 Å². The van der Waals surface area contributed by atoms with Crippen LogP contribution in [0.25, 0.3) is 21.8 Å². The molecule has 6 aromatic rings. The first-order valence-electron chi connectivity index (χ1n) is 13.6. The van der Waals surface area contributed by atoms with Gasteiger partial charge in [-0.2, -0.15) is 0 Å². The van der Waals surface area contributed by atoms with Gasteiger partial charge >= 0.3 is 0 Å². The highest BCUT2D eigenvalue weighted by Gasteiger charge is 2.19. The lowest BCUT2D eigenvalue weighted by molar-refractivity contribution is 0.402. The highest BCUT2D eigenvalue weighted by Crippen LogP contribution is 2.30. The number of para-hydroxylation sites is 2. The number of aromatic nitrogens is 2. The number of nitrogens with two attached hydrogens (primary N) is 1. The first-order chi connectivity index (χ1) is 20.8. The maximum Gasteiger partial charge on any atom is 0.183 e. The Morgan fingerprint density at radius 2 is 1.09 bits per heavy atom. The van der Waals surface area contributed by atoms with Crippen LogP contribution in [0.2, 0.25) is 20.1 Å². The van der Waals surface area contributed by atoms with Crippen molar-refractivity contribution in [1.29, 1.82) is 0 Å². The molecule has 0 bridgehead atoms. The zero-order chi connectivity index (χ0) is 30.1. The molecule has 43 heavy (non-hydrogen) atoms. The molecule has 0 fully saturated rings. The number of thiocarbonyl (C=S) groups is 1. The second-order valence-electron chi connectivity index (χ2n) is 10.4. The smallest absolute Gasteiger partial charge is 0.183 e. The zero-order valence-corrected chi connectivity index (χ0v) is 26.7. The van der Waals surface area contributed by atoms with Crippen LogP contribution in [0.4, 0.5) is 0 Å². The van der Waals surface area contributed by atoms with Crippen molar-refractivity contribution in [3.8, 4) is 0 Å². The third-order valence-electron chi connectivity index (χ3n) is 7.59. The average Bonchev–Trinajstić information content (AvgIpc) is 3.53. The van der Waals surface area contributed by atoms with Gasteiger partial charge in [0.2, 0.25) is 0 Å². The molecule has 0 saturated carbocycles. The molecule has 2 aromatic heterocycles. The van der Waals surface area contributed by atoms with Gasteiger partial charge in [-0.25, -0.2) is 5.84 Å². The van der Waals surface area contributed by atoms with Crippen molar-refractivity contribution < 1.29 is 0 Å². The number of hydrogen-bond acceptors (Lipinski definition) is 2. The fourth-order valence-electron chi connectivity index (χ4n) is 5.53. The molecule has 3 N–H and O–H groups in total. The summed E-state index contributed by atoms with van der Waals surface area (Å²) in [6, 6.07) is 27.9. The average molecular weight is 667 g/mol. The highest BCUT2D eigenvalue weighted by atomic mass is 35.5. The summed E-state index contributed by atoms with van der Waals surface area (Å²) in [6.45, 7) is 2.31. The van der Waals surface area contributed by atoms with E-state index in [0.717, 1.165) is 44.1 Å². The Morgan fingerprint density at radius 3 is 1.51 bits per heavy atom. The topological polar surface area (TPSA) is 51.1 Å². The molecular formula is C33H27Cl4N5S. The van der Waals surface area contributed by atoms with E-state index in [1.54, 1.807) is 12.1 Å². The predicted octanol–water partition coefficient (Wildman–Crippen LogP) is 9.06. The van der Waals surface area contributed by atoms with Crippen molar-refractivity contribution in [2.45, 2.75) is 26.2 Å². The number of fused-ring (bicyclic) bond motifs is 2. The summed E-state index contributed by atoms with van der Waals surface area (Å²) in [7, 11) is 0. The monoisotopic (exact) mass is 665 g/mol. The van der Waals surface area contributed by atoms with Gasteiger partial charge in [0.25, 0.3) is 0 Å². The number of benzene rings is 4. The van der Waals surface area contributed by atoms with Crippen molar-refractivity contribution in [3.05, 3.63) is 140 Å². The van der Waals surface area contributed by atoms with Crippen LogP contribution >= 0.6 is 58.6 Å². The van der Waals surface area contributed by atoms with Gasteiger partial charge in [0.1, 0.15) is 0 Å². The molecule has 0 saturated heterocycles. The van der Waals surface area contributed by atoms with Gasteiger partial charge in [-0.15, -0.1) is 0 Å². The Kier molecular flexibility index (Phi) is 8.87. The van der Waals surface area contributed by atoms with Crippen LogP contribution in [0, 0.1) is 0 Å². The summed E-state index contributed by atoms with van der Waals surface area (Å²) >= 11 is 31.1. The van der Waals surface area contributed by atoms with Crippen molar-refractivity contribution in [2.24, 2.45) is 5.84 Å². The lowest BCUT2D eigenvalue weighted by Crippen LogP contribution is -2.42. The number of nitrogens with one attached hydrogen (secondary N) is 1. The number of hydrogen-bond donors (Lipinski definition) is 2. The van der Waals surface area contributed by atoms with Gasteiger partial charge in [0.15, 0.2) is 5.11 Å². The van der Waals surface area contributed by atoms with Crippen LogP contribution in [0.5, 0.6) is 0 Å². The minimum absolute atomic E-state index is 0.454. The molecule has 0 spiro atoms. The molecule has 0 aliphatic rings. The number of rotatable bonds is 8. The van der Waals surface area contributed by atoms with E-state index in [2.05, 4.69) is 56.1 Å². The maximum absolute atomic E-state index is 6.53. The summed E-state index contributed by atoms with van der Waals surface area (Å²) in [5.74, 6) is 5.88. The summed E-state index contributed by atoms with van der Waals surface area (Å²) in [5, 5.41) is 5.23. The van der Waals surface area contributed by atoms with E-state index in [1.165, 1.54) is 0 Å². The highest BCUT2D eigenvalue weighted by molar-refractivity contribution is 7.80. The summed E-state index contributed by atoms with van der Waals surface area (Å²) in [6.07, 6.45) is 4.32. The lowest BCUT2D eigenvalue weighted by Gasteiger charge is -2.24. The van der Waals surface area contributed by atoms with Gasteiger partial charge in [0, 0.05) is 80.5 Å². The normalized spacial score (nSPS) is 11.4. The van der Waals surface area contributed by atoms with Crippen LogP contribution in [0.1, 0.15) is 22.3 Å². The summed E-state index contributed by atoms with van der Waals surface area (Å²) in [4.78, 5) is 2.08. The molecule has 0 amide bonds. The molecule has 6 rings (SSSR count). The zero-order valence-electron chi connectivity index (χ0n) is 22.9. The number of nitrogens with zero attached hydrogens (tertiary/aromatic N) is 3. The Morgan fingerprint density at radius 1 is 0.651 bits per heavy atom. The van der Waals surface area contributed by atoms with Crippen molar-refractivity contribution in [3.63, 3.8) is 0 Å². The van der Waals surface area contributed by atoms with Crippen LogP contribution in [0.15, 0.2) is 97.3 Å². The maximum atomic E-state index is 6.53. The molecular weight excluding hydrogens is 640 g/mol. The van der Waals surface area contributed by atoms with Crippen molar-refractivity contribution in [2.75, 3.05) is 0 Å². The Bertz CT molecular complexity index is 1830. The van der Waals surface area contributed by atoms with Gasteiger partial charge in [-0.05, 0) is 70.9 Å². The molecule has 5 nitrogen and oxygen atoms in total. The minimum atomic E-state index is 0.454. The fourth-order valence-corrected chi connectivity index (χ4v) is 6.59. The summed E-state index contributed by atoms with van der Waals surface area (Å²) < 4.78 is 4.41. The van der Waals surface area contributed by atoms with Gasteiger partial charge in [-0.1, -0.05) is 94.9 Å². The van der Waals surface area contributed by atoms with E-state index in [1.807, 2.05) is 48.5 Å². The third kappa shape index (κ3) is 6.36. The van der Waals surface area contributed by atoms with Crippen molar-refractivity contribution in [1.82, 2.24) is 19.5 Å². The molecule has 0 atom stereocenters. The lowest BCUT2D eigenvalue weighted by atomic mass is 10.1. The molecule has 218 valence electrons. The first-order valence-corrected chi connectivity index (χ1v) is 15.5. The molecule has 0 unspecified atom stereocenters. The Balaban J connectivity index is 1.33. The Hall–Kier alpha value is -3.23. The third-order valence-corrected chi connectivity index (χ3v) is 9.14. The van der Waals surface area contributed by atoms with E-state index in [4.69, 9.17) is 64.5 Å². The number of halogens is 4. The number of hydrazine groups is 1. The second-order valence-corrected chi connectivity index (χ2v) is 12.4. The molecule has 4 aromatic carbocycles. The van der Waals surface area contributed by atoms with E-state index in [9.17, 15) is 0 Å². The van der Waals surface area contributed by atoms with Crippen LogP contribution < -0.4 is 11.3 Å². The molecule has 2 heterocycles. The Labute approximate surface area is 275 Å². The summed E-state index contributed by atoms with van der Waals surface area (Å²) in [5.41, 5.74) is 9.13. The predicted molar refractivity (Wildman–Crippen MR) is 184 cm³/mol. The molecule has 0 aliphatic heterocycles. The fraction of sp³-hybridized carbons (Fsp3) is 0.121.